The van der Waals surface area contributed by atoms with Crippen LogP contribution in [0.15, 0.2) is 115 Å². The van der Waals surface area contributed by atoms with Crippen molar-refractivity contribution in [3.05, 3.63) is 143 Å². The van der Waals surface area contributed by atoms with Crippen molar-refractivity contribution in [3.8, 4) is 11.5 Å². The van der Waals surface area contributed by atoms with Crippen molar-refractivity contribution in [2.24, 2.45) is 0 Å². The fraction of sp³-hybridized carbons (Fsp3) is 0.518. The molecule has 3 aromatic rings. The minimum absolute atomic E-state index is 0.0519. The molecule has 0 aromatic heterocycles. The summed E-state index contributed by atoms with van der Waals surface area (Å²) in [6.45, 7) is 29.1. The molecule has 13 nitrogen and oxygen atoms in total. The van der Waals surface area contributed by atoms with E-state index in [-0.39, 0.29) is 43.7 Å². The highest BCUT2D eigenvalue weighted by atomic mass is 31.2. The first-order chi connectivity index (χ1) is 33.8. The number of carbonyl (C=O) groups excluding carboxylic acids is 2. The van der Waals surface area contributed by atoms with E-state index in [9.17, 15) is 9.59 Å². The summed E-state index contributed by atoms with van der Waals surface area (Å²) < 4.78 is 42.0. The zero-order valence-electron chi connectivity index (χ0n) is 42.8. The molecule has 0 saturated carbocycles. The van der Waals surface area contributed by atoms with E-state index in [0.717, 1.165) is 60.4 Å². The molecule has 0 spiro atoms. The smallest absolute Gasteiger partial charge is 0.259 e. The number of amides is 2. The number of hydrogen-bond donors (Lipinski definition) is 2. The van der Waals surface area contributed by atoms with Gasteiger partial charge in [0.1, 0.15) is 41.9 Å². The summed E-state index contributed by atoms with van der Waals surface area (Å²) in [5, 5.41) is 5.78. The first kappa shape index (κ1) is 55.9. The number of ether oxygens (including phenoxy) is 4. The van der Waals surface area contributed by atoms with Crippen LogP contribution >= 0.6 is 8.53 Å². The van der Waals surface area contributed by atoms with E-state index in [1.165, 1.54) is 38.5 Å². The number of unbranched alkanes of at least 4 members (excludes halogenated alkanes) is 9. The summed E-state index contributed by atoms with van der Waals surface area (Å²) >= 11 is 0. The molecular weight excluding hydrogens is 902 g/mol. The summed E-state index contributed by atoms with van der Waals surface area (Å²) in [7, 11) is 0.0330. The third kappa shape index (κ3) is 16.0. The van der Waals surface area contributed by atoms with Gasteiger partial charge in [0.15, 0.2) is 0 Å². The van der Waals surface area contributed by atoms with Crippen molar-refractivity contribution in [1.29, 1.82) is 0 Å². The van der Waals surface area contributed by atoms with E-state index in [2.05, 4.69) is 85.3 Å². The van der Waals surface area contributed by atoms with Gasteiger partial charge in [-0.05, 0) is 95.3 Å². The Bertz CT molecular complexity index is 2170. The Morgan fingerprint density at radius 2 is 1.46 bits per heavy atom. The summed E-state index contributed by atoms with van der Waals surface area (Å²) in [5.74, 6) is 1.67. The Kier molecular flexibility index (Phi) is 22.9. The Balaban J connectivity index is 1.33. The molecule has 5 atom stereocenters. The lowest BCUT2D eigenvalue weighted by molar-refractivity contribution is -0.120. The Labute approximate surface area is 419 Å². The van der Waals surface area contributed by atoms with E-state index in [1.54, 1.807) is 27.2 Å². The largest absolute Gasteiger partial charge is 0.497 e. The van der Waals surface area contributed by atoms with Gasteiger partial charge < -0.3 is 48.4 Å². The van der Waals surface area contributed by atoms with Gasteiger partial charge >= 0.3 is 0 Å². The van der Waals surface area contributed by atoms with Crippen LogP contribution in [0.4, 0.5) is 0 Å². The molecule has 0 bridgehead atoms. The summed E-state index contributed by atoms with van der Waals surface area (Å²) in [4.78, 5) is 29.6. The average Bonchev–Trinajstić information content (AvgIpc) is 3.75. The molecule has 70 heavy (non-hydrogen) atoms. The number of methoxy groups -OCH3 is 1. The van der Waals surface area contributed by atoms with E-state index in [1.807, 2.05) is 59.5 Å². The Morgan fingerprint density at radius 1 is 0.886 bits per heavy atom. The Hall–Kier alpha value is -5.06. The molecule has 2 N–H and O–H groups in total. The third-order valence-electron chi connectivity index (χ3n) is 12.5. The summed E-state index contributed by atoms with van der Waals surface area (Å²) in [6, 6.07) is 26.6. The minimum atomic E-state index is -1.62. The molecule has 2 aliphatic heterocycles. The van der Waals surface area contributed by atoms with Crippen LogP contribution in [0, 0.1) is 6.57 Å². The van der Waals surface area contributed by atoms with Crippen LogP contribution in [0.25, 0.3) is 4.85 Å². The lowest BCUT2D eigenvalue weighted by atomic mass is 9.80. The van der Waals surface area contributed by atoms with Crippen LogP contribution in [0.5, 0.6) is 11.5 Å². The number of hydrogen-bond acceptors (Lipinski definition) is 10. The molecule has 1 fully saturated rings. The average molecular weight is 980 g/mol. The number of benzene rings is 3. The molecule has 3 unspecified atom stereocenters. The fourth-order valence-electron chi connectivity index (χ4n) is 8.86. The van der Waals surface area contributed by atoms with E-state index < -0.39 is 32.6 Å². The SMILES string of the molecule is [C-]#[N+]CCOP(OC1C[C@H](N2C=C(C)C(=O)NC2=C)O[C@@H]1COC(c1ccccc1)(c1ccc(OC)cc1)c1ccc(OCCCCCCCCCCCCNC(=O)C(=C)C)cc1)N(C(C)C)C(C)C. The predicted octanol–water partition coefficient (Wildman–Crippen LogP) is 11.6. The maximum absolute atomic E-state index is 12.6. The maximum atomic E-state index is 12.6. The zero-order valence-corrected chi connectivity index (χ0v) is 43.6. The number of carbonyl (C=O) groups is 2. The van der Waals surface area contributed by atoms with Crippen molar-refractivity contribution < 1.29 is 37.6 Å². The van der Waals surface area contributed by atoms with Crippen LogP contribution in [0.1, 0.15) is 129 Å². The van der Waals surface area contributed by atoms with E-state index >= 15 is 0 Å². The van der Waals surface area contributed by atoms with E-state index in [0.29, 0.717) is 30.0 Å². The lowest BCUT2D eigenvalue weighted by Gasteiger charge is -2.39. The highest BCUT2D eigenvalue weighted by Crippen LogP contribution is 2.50. The summed E-state index contributed by atoms with van der Waals surface area (Å²) in [5.41, 5.74) is 2.70. The van der Waals surface area contributed by atoms with Crippen molar-refractivity contribution >= 4 is 20.3 Å². The number of nitrogens with one attached hydrogen (secondary N) is 2. The fourth-order valence-corrected chi connectivity index (χ4v) is 10.6. The van der Waals surface area contributed by atoms with Gasteiger partial charge in [-0.1, -0.05) is 119 Å². The van der Waals surface area contributed by atoms with Crippen LogP contribution in [-0.4, -0.2) is 91.9 Å². The van der Waals surface area contributed by atoms with Gasteiger partial charge in [-0.2, -0.15) is 0 Å². The quantitative estimate of drug-likeness (QED) is 0.0212. The topological polar surface area (TPSA) is 124 Å². The van der Waals surface area contributed by atoms with E-state index in [4.69, 9.17) is 34.6 Å². The molecule has 5 rings (SSSR count). The van der Waals surface area contributed by atoms with Crippen LogP contribution in [0.2, 0.25) is 0 Å². The molecule has 2 aliphatic rings. The van der Waals surface area contributed by atoms with Crippen molar-refractivity contribution in [2.45, 2.75) is 148 Å². The Morgan fingerprint density at radius 3 is 2.03 bits per heavy atom. The van der Waals surface area contributed by atoms with Crippen LogP contribution in [0.3, 0.4) is 0 Å². The second-order valence-electron chi connectivity index (χ2n) is 18.7. The predicted molar refractivity (Wildman–Crippen MR) is 279 cm³/mol. The van der Waals surface area contributed by atoms with Gasteiger partial charge in [0.25, 0.3) is 14.4 Å². The summed E-state index contributed by atoms with van der Waals surface area (Å²) in [6.07, 6.45) is 12.2. The molecule has 0 radical (unpaired) electrons. The molecular formula is C56H78N5O8P. The molecule has 2 heterocycles. The van der Waals surface area contributed by atoms with Gasteiger partial charge in [-0.15, -0.1) is 0 Å². The molecule has 1 saturated heterocycles. The van der Waals surface area contributed by atoms with Crippen molar-refractivity contribution in [2.75, 3.05) is 40.0 Å². The molecule has 3 aromatic carbocycles. The van der Waals surface area contributed by atoms with Gasteiger partial charge in [0.2, 0.25) is 12.5 Å². The number of rotatable bonds is 31. The maximum Gasteiger partial charge on any atom is 0.259 e. The van der Waals surface area contributed by atoms with Crippen molar-refractivity contribution in [3.63, 3.8) is 0 Å². The monoisotopic (exact) mass is 980 g/mol. The van der Waals surface area contributed by atoms with Crippen LogP contribution in [-0.2, 0) is 33.7 Å². The normalized spacial score (nSPS) is 18.3. The molecule has 2 amide bonds. The highest BCUT2D eigenvalue weighted by molar-refractivity contribution is 7.44. The standard InChI is InChI=1S/C56H78N5O8P/c1-41(2)54(62)58-34-22-17-15-13-11-12-14-16-18-23-36-65-50-32-28-48(29-33-50)56(46-24-20-19-21-25-46,47-26-30-49(64-10)31-27-47)66-40-52-51(38-53(68-52)60-39-44(7)55(63)59-45(60)8)69-70(67-37-35-57-9)61(42(3)4)43(5)6/h19-21,24-33,39,42-43,51-53H,1,8,11-18,22-23,34-38,40H2,2-7,10H3,(H,58,62)(H,59,63)/t51?,52-,53-,56?,70?/m1/s1. The van der Waals surface area contributed by atoms with Gasteiger partial charge in [0.05, 0.1) is 26.4 Å². The first-order valence-electron chi connectivity index (χ1n) is 25.1. The third-order valence-corrected chi connectivity index (χ3v) is 14.7. The molecule has 0 aliphatic carbocycles. The molecule has 380 valence electrons. The lowest BCUT2D eigenvalue weighted by Crippen LogP contribution is -2.43. The minimum Gasteiger partial charge on any atom is -0.497 e. The highest BCUT2D eigenvalue weighted by Gasteiger charge is 2.46. The van der Waals surface area contributed by atoms with Gasteiger partial charge in [-0.25, -0.2) is 11.2 Å². The second-order valence-corrected chi connectivity index (χ2v) is 20.1. The zero-order chi connectivity index (χ0) is 50.5. The number of nitrogens with zero attached hydrogens (tertiary/aromatic N) is 3. The van der Waals surface area contributed by atoms with Crippen molar-refractivity contribution in [1.82, 2.24) is 20.2 Å². The molecule has 14 heteroatoms. The second kappa shape index (κ2) is 28.7. The first-order valence-corrected chi connectivity index (χ1v) is 26.3. The van der Waals surface area contributed by atoms with Crippen LogP contribution < -0.4 is 20.1 Å². The van der Waals surface area contributed by atoms with Gasteiger partial charge in [0, 0.05) is 42.4 Å². The van der Waals surface area contributed by atoms with Gasteiger partial charge in [-0.3, -0.25) is 9.59 Å².